The van der Waals surface area contributed by atoms with E-state index in [1.807, 2.05) is 0 Å². The molecule has 0 spiro atoms. The van der Waals surface area contributed by atoms with Gasteiger partial charge in [0.25, 0.3) is 0 Å². The van der Waals surface area contributed by atoms with Crippen molar-refractivity contribution in [1.82, 2.24) is 5.43 Å². The second-order valence-corrected chi connectivity index (χ2v) is 2.99. The number of carbonyl (C=O) groups excluding carboxylic acids is 1. The van der Waals surface area contributed by atoms with Crippen LogP contribution < -0.4 is 11.3 Å². The molecule has 1 amide bonds. The number of hydrogen-bond donors (Lipinski definition) is 2. The summed E-state index contributed by atoms with van der Waals surface area (Å²) in [5.74, 6) is -0.575. The maximum atomic E-state index is 13.1. The van der Waals surface area contributed by atoms with E-state index in [0.717, 1.165) is 12.1 Å². The van der Waals surface area contributed by atoms with Gasteiger partial charge in [0, 0.05) is 10.6 Å². The topological polar surface area (TPSA) is 55.1 Å². The van der Waals surface area contributed by atoms with Crippen LogP contribution in [0.5, 0.6) is 0 Å². The normalized spacial score (nSPS) is 11.1. The fraction of sp³-hybridized carbons (Fsp3) is 0.125. The Morgan fingerprint density at radius 3 is 2.29 bits per heavy atom. The molecule has 1 aromatic rings. The Kier molecular flexibility index (Phi) is 3.03. The van der Waals surface area contributed by atoms with Gasteiger partial charge >= 0.3 is 11.8 Å². The molecular weight excluding hydrogens is 214 g/mol. The lowest BCUT2D eigenvalue weighted by atomic mass is 10.1. The lowest BCUT2D eigenvalue weighted by Crippen LogP contribution is -2.41. The van der Waals surface area contributed by atoms with Crippen molar-refractivity contribution in [2.24, 2.45) is 5.84 Å². The number of amides is 1. The molecule has 3 N–H and O–H groups in total. The smallest absolute Gasteiger partial charge is 0.289 e. The maximum Gasteiger partial charge on any atom is 0.351 e. The minimum absolute atomic E-state index is 0.317. The summed E-state index contributed by atoms with van der Waals surface area (Å²) in [4.78, 5) is 10.7. The van der Waals surface area contributed by atoms with Crippen LogP contribution in [0.1, 0.15) is 5.56 Å². The van der Waals surface area contributed by atoms with Crippen LogP contribution >= 0.6 is 11.6 Å². The number of carbonyl (C=O) groups is 1. The molecule has 14 heavy (non-hydrogen) atoms. The third-order valence-electron chi connectivity index (χ3n) is 1.62. The van der Waals surface area contributed by atoms with Crippen LogP contribution in [0.3, 0.4) is 0 Å². The van der Waals surface area contributed by atoms with Crippen molar-refractivity contribution in [3.8, 4) is 0 Å². The summed E-state index contributed by atoms with van der Waals surface area (Å²) in [6.45, 7) is 0. The first-order valence-electron chi connectivity index (χ1n) is 3.63. The summed E-state index contributed by atoms with van der Waals surface area (Å²) in [5.41, 5.74) is 0.943. The van der Waals surface area contributed by atoms with Crippen LogP contribution in [-0.4, -0.2) is 5.91 Å². The molecule has 1 rings (SSSR count). The zero-order chi connectivity index (χ0) is 10.8. The van der Waals surface area contributed by atoms with E-state index in [0.29, 0.717) is 5.02 Å². The monoisotopic (exact) mass is 220 g/mol. The Bertz CT molecular complexity index is 340. The Hall–Kier alpha value is -1.20. The second-order valence-electron chi connectivity index (χ2n) is 2.55. The SMILES string of the molecule is NNC(=O)C(F)(F)c1ccc(Cl)cc1. The van der Waals surface area contributed by atoms with Crippen molar-refractivity contribution in [3.63, 3.8) is 0 Å². The van der Waals surface area contributed by atoms with Gasteiger partial charge in [0.1, 0.15) is 0 Å². The molecular formula is C8H7ClF2N2O. The summed E-state index contributed by atoms with van der Waals surface area (Å²) in [6.07, 6.45) is 0. The number of hydrogen-bond acceptors (Lipinski definition) is 2. The zero-order valence-electron chi connectivity index (χ0n) is 6.93. The van der Waals surface area contributed by atoms with E-state index in [1.54, 1.807) is 0 Å². The number of rotatable bonds is 2. The first-order valence-corrected chi connectivity index (χ1v) is 4.01. The van der Waals surface area contributed by atoms with Gasteiger partial charge in [-0.25, -0.2) is 5.84 Å². The van der Waals surface area contributed by atoms with E-state index in [-0.39, 0.29) is 0 Å². The third-order valence-corrected chi connectivity index (χ3v) is 1.88. The van der Waals surface area contributed by atoms with Crippen LogP contribution in [0, 0.1) is 0 Å². The van der Waals surface area contributed by atoms with E-state index >= 15 is 0 Å². The molecule has 0 unspecified atom stereocenters. The average Bonchev–Trinajstić information content (AvgIpc) is 2.17. The predicted molar refractivity (Wildman–Crippen MR) is 47.7 cm³/mol. The summed E-state index contributed by atoms with van der Waals surface area (Å²) in [7, 11) is 0. The average molecular weight is 221 g/mol. The Morgan fingerprint density at radius 1 is 1.36 bits per heavy atom. The van der Waals surface area contributed by atoms with Gasteiger partial charge in [-0.2, -0.15) is 8.78 Å². The van der Waals surface area contributed by atoms with Gasteiger partial charge in [-0.3, -0.25) is 10.2 Å². The van der Waals surface area contributed by atoms with Crippen LogP contribution in [0.15, 0.2) is 24.3 Å². The molecule has 3 nitrogen and oxygen atoms in total. The molecule has 6 heteroatoms. The Morgan fingerprint density at radius 2 is 1.86 bits per heavy atom. The zero-order valence-corrected chi connectivity index (χ0v) is 7.68. The van der Waals surface area contributed by atoms with Crippen molar-refractivity contribution in [2.75, 3.05) is 0 Å². The summed E-state index contributed by atoms with van der Waals surface area (Å²) < 4.78 is 26.3. The predicted octanol–water partition coefficient (Wildman–Crippen LogP) is 1.42. The van der Waals surface area contributed by atoms with Crippen molar-refractivity contribution >= 4 is 17.5 Å². The van der Waals surface area contributed by atoms with Gasteiger partial charge in [-0.1, -0.05) is 23.7 Å². The summed E-state index contributed by atoms with van der Waals surface area (Å²) in [6, 6.07) is 4.68. The standard InChI is InChI=1S/C8H7ClF2N2O/c9-6-3-1-5(2-4-6)8(10,11)7(14)13-12/h1-4H,12H2,(H,13,14). The van der Waals surface area contributed by atoms with Crippen LogP contribution in [-0.2, 0) is 10.7 Å². The molecule has 0 radical (unpaired) electrons. The number of nitrogens with two attached hydrogens (primary N) is 1. The molecule has 0 aliphatic rings. The van der Waals surface area contributed by atoms with Gasteiger partial charge in [-0.15, -0.1) is 0 Å². The Balaban J connectivity index is 3.03. The highest BCUT2D eigenvalue weighted by Gasteiger charge is 2.40. The van der Waals surface area contributed by atoms with Crippen molar-refractivity contribution in [3.05, 3.63) is 34.9 Å². The van der Waals surface area contributed by atoms with Crippen molar-refractivity contribution in [2.45, 2.75) is 5.92 Å². The minimum atomic E-state index is -3.64. The molecule has 0 aromatic heterocycles. The maximum absolute atomic E-state index is 13.1. The minimum Gasteiger partial charge on any atom is -0.289 e. The molecule has 0 heterocycles. The molecule has 0 aliphatic heterocycles. The van der Waals surface area contributed by atoms with E-state index < -0.39 is 17.4 Å². The number of hydrazine groups is 1. The lowest BCUT2D eigenvalue weighted by Gasteiger charge is -2.14. The van der Waals surface area contributed by atoms with Gasteiger partial charge in [0.05, 0.1) is 0 Å². The van der Waals surface area contributed by atoms with Crippen LogP contribution in [0.25, 0.3) is 0 Å². The molecule has 1 aromatic carbocycles. The summed E-state index contributed by atoms with van der Waals surface area (Å²) >= 11 is 5.51. The highest BCUT2D eigenvalue weighted by molar-refractivity contribution is 6.30. The van der Waals surface area contributed by atoms with Gasteiger partial charge in [0.15, 0.2) is 0 Å². The molecule has 76 valence electrons. The number of halogens is 3. The fourth-order valence-corrected chi connectivity index (χ4v) is 1.01. The highest BCUT2D eigenvalue weighted by atomic mass is 35.5. The van der Waals surface area contributed by atoms with Crippen LogP contribution in [0.2, 0.25) is 5.02 Å². The van der Waals surface area contributed by atoms with Crippen molar-refractivity contribution in [1.29, 1.82) is 0 Å². The van der Waals surface area contributed by atoms with E-state index in [1.165, 1.54) is 17.6 Å². The second kappa shape index (κ2) is 3.89. The van der Waals surface area contributed by atoms with Gasteiger partial charge < -0.3 is 0 Å². The van der Waals surface area contributed by atoms with E-state index in [2.05, 4.69) is 5.84 Å². The van der Waals surface area contributed by atoms with Crippen LogP contribution in [0.4, 0.5) is 8.78 Å². The molecule has 0 aliphatic carbocycles. The fourth-order valence-electron chi connectivity index (χ4n) is 0.881. The number of nitrogens with one attached hydrogen (secondary N) is 1. The van der Waals surface area contributed by atoms with Crippen molar-refractivity contribution < 1.29 is 13.6 Å². The van der Waals surface area contributed by atoms with Gasteiger partial charge in [-0.05, 0) is 12.1 Å². The molecule has 0 atom stereocenters. The molecule has 0 saturated carbocycles. The summed E-state index contributed by atoms with van der Waals surface area (Å²) in [5, 5.41) is 0.317. The highest BCUT2D eigenvalue weighted by Crippen LogP contribution is 2.28. The first-order chi connectivity index (χ1) is 6.48. The quantitative estimate of drug-likeness (QED) is 0.450. The Labute approximate surface area is 83.8 Å². The lowest BCUT2D eigenvalue weighted by molar-refractivity contribution is -0.147. The molecule has 0 bridgehead atoms. The number of benzene rings is 1. The largest absolute Gasteiger partial charge is 0.351 e. The van der Waals surface area contributed by atoms with Gasteiger partial charge in [0.2, 0.25) is 0 Å². The molecule has 0 fully saturated rings. The molecule has 0 saturated heterocycles. The number of alkyl halides is 2. The third kappa shape index (κ3) is 2.00. The van der Waals surface area contributed by atoms with E-state index in [9.17, 15) is 13.6 Å². The van der Waals surface area contributed by atoms with E-state index in [4.69, 9.17) is 11.6 Å². The first kappa shape index (κ1) is 10.9.